The second-order valence-electron chi connectivity index (χ2n) is 7.11. The Labute approximate surface area is 176 Å². The maximum Gasteiger partial charge on any atom is 0.162 e. The van der Waals surface area contributed by atoms with Crippen molar-refractivity contribution in [3.05, 3.63) is 70.5 Å². The minimum atomic E-state index is 0.0339. The van der Waals surface area contributed by atoms with Crippen molar-refractivity contribution < 1.29 is 0 Å². The summed E-state index contributed by atoms with van der Waals surface area (Å²) < 4.78 is 0. The molecule has 0 spiro atoms. The first-order valence-electron chi connectivity index (χ1n) is 9.35. The summed E-state index contributed by atoms with van der Waals surface area (Å²) in [5, 5.41) is 43.3. The van der Waals surface area contributed by atoms with Crippen LogP contribution in [0.5, 0.6) is 0 Å². The lowest BCUT2D eigenvalue weighted by Gasteiger charge is -2.14. The summed E-state index contributed by atoms with van der Waals surface area (Å²) in [5.41, 5.74) is 1.94. The van der Waals surface area contributed by atoms with Gasteiger partial charge in [0.25, 0.3) is 0 Å². The Kier molecular flexibility index (Phi) is 3.78. The van der Waals surface area contributed by atoms with Gasteiger partial charge in [0.15, 0.2) is 5.69 Å². The Balaban J connectivity index is 2.27. The van der Waals surface area contributed by atoms with Gasteiger partial charge in [0.05, 0.1) is 33.4 Å². The summed E-state index contributed by atoms with van der Waals surface area (Å²) in [4.78, 5) is 9.20. The average Bonchev–Trinajstić information content (AvgIpc) is 2.81. The summed E-state index contributed by atoms with van der Waals surface area (Å²) in [6, 6.07) is 21.5. The van der Waals surface area contributed by atoms with E-state index in [4.69, 9.17) is 0 Å². The zero-order valence-corrected chi connectivity index (χ0v) is 16.2. The van der Waals surface area contributed by atoms with E-state index in [1.165, 1.54) is 0 Å². The SMILES string of the molecule is Cc1nc2c3ccc4ccccc4c3c3c(C#N)c(C#N)c(C#N)cc3c2nc1C#N. The highest BCUT2D eigenvalue weighted by molar-refractivity contribution is 6.31. The number of nitrogens with zero attached hydrogens (tertiary/aromatic N) is 6. The summed E-state index contributed by atoms with van der Waals surface area (Å²) >= 11 is 0. The second-order valence-corrected chi connectivity index (χ2v) is 7.11. The monoisotopic (exact) mass is 394 g/mol. The summed E-state index contributed by atoms with van der Waals surface area (Å²) in [6.07, 6.45) is 0. The van der Waals surface area contributed by atoms with Gasteiger partial charge in [-0.1, -0.05) is 36.4 Å². The Morgan fingerprint density at radius 1 is 0.677 bits per heavy atom. The maximum absolute atomic E-state index is 10.0. The number of hydrogen-bond acceptors (Lipinski definition) is 6. The van der Waals surface area contributed by atoms with Crippen LogP contribution in [0.25, 0.3) is 43.4 Å². The number of nitriles is 4. The van der Waals surface area contributed by atoms with Crippen molar-refractivity contribution in [1.29, 1.82) is 21.0 Å². The molecule has 5 aromatic rings. The predicted octanol–water partition coefficient (Wildman–Crippen LogP) is 4.88. The number of aryl methyl sites for hydroxylation is 1. The molecule has 0 aliphatic heterocycles. The van der Waals surface area contributed by atoms with Crippen LogP contribution in [0.3, 0.4) is 0 Å². The number of fused-ring (bicyclic) bond motifs is 8. The normalized spacial score (nSPS) is 10.6. The Bertz CT molecular complexity index is 1790. The third kappa shape index (κ3) is 2.34. The molecule has 0 radical (unpaired) electrons. The molecule has 0 aliphatic rings. The van der Waals surface area contributed by atoms with Crippen molar-refractivity contribution >= 4 is 43.4 Å². The highest BCUT2D eigenvalue weighted by Crippen LogP contribution is 2.40. The third-order valence-corrected chi connectivity index (χ3v) is 5.54. The van der Waals surface area contributed by atoms with E-state index >= 15 is 0 Å². The molecule has 6 nitrogen and oxygen atoms in total. The van der Waals surface area contributed by atoms with Crippen LogP contribution >= 0.6 is 0 Å². The Morgan fingerprint density at radius 3 is 2.13 bits per heavy atom. The van der Waals surface area contributed by atoms with Crippen molar-refractivity contribution in [2.45, 2.75) is 6.92 Å². The Morgan fingerprint density at radius 2 is 1.42 bits per heavy atom. The van der Waals surface area contributed by atoms with Gasteiger partial charge in [-0.05, 0) is 23.8 Å². The fourth-order valence-corrected chi connectivity index (χ4v) is 4.18. The van der Waals surface area contributed by atoms with Gasteiger partial charge < -0.3 is 0 Å². The molecule has 0 atom stereocenters. The van der Waals surface area contributed by atoms with Crippen molar-refractivity contribution in [1.82, 2.24) is 9.97 Å². The molecule has 140 valence electrons. The molecule has 0 fully saturated rings. The first-order chi connectivity index (χ1) is 15.1. The molecule has 6 heteroatoms. The molecule has 0 amide bonds. The summed E-state index contributed by atoms with van der Waals surface area (Å²) in [5.74, 6) is 0. The van der Waals surface area contributed by atoms with Gasteiger partial charge in [0.2, 0.25) is 0 Å². The molecular formula is C25H10N6. The zero-order chi connectivity index (χ0) is 21.7. The quantitative estimate of drug-likeness (QED) is 0.345. The van der Waals surface area contributed by atoms with Crippen LogP contribution in [0, 0.1) is 52.2 Å². The van der Waals surface area contributed by atoms with E-state index in [1.807, 2.05) is 48.5 Å². The predicted molar refractivity (Wildman–Crippen MR) is 116 cm³/mol. The first kappa shape index (κ1) is 18.0. The summed E-state index contributed by atoms with van der Waals surface area (Å²) in [7, 11) is 0. The van der Waals surface area contributed by atoms with Crippen LogP contribution in [0.4, 0.5) is 0 Å². The highest BCUT2D eigenvalue weighted by Gasteiger charge is 2.22. The van der Waals surface area contributed by atoms with Crippen molar-refractivity contribution in [2.24, 2.45) is 0 Å². The fraction of sp³-hybridized carbons (Fsp3) is 0.0400. The van der Waals surface area contributed by atoms with E-state index in [9.17, 15) is 21.0 Å². The fourth-order valence-electron chi connectivity index (χ4n) is 4.18. The van der Waals surface area contributed by atoms with Crippen LogP contribution in [0.15, 0.2) is 42.5 Å². The molecule has 1 heterocycles. The highest BCUT2D eigenvalue weighted by atomic mass is 14.8. The third-order valence-electron chi connectivity index (χ3n) is 5.54. The van der Waals surface area contributed by atoms with Crippen LogP contribution in [0.2, 0.25) is 0 Å². The largest absolute Gasteiger partial charge is 0.248 e. The van der Waals surface area contributed by atoms with Gasteiger partial charge >= 0.3 is 0 Å². The van der Waals surface area contributed by atoms with E-state index in [1.54, 1.807) is 13.0 Å². The molecule has 0 bridgehead atoms. The molecule has 4 aromatic carbocycles. The van der Waals surface area contributed by atoms with E-state index in [0.717, 1.165) is 21.5 Å². The lowest BCUT2D eigenvalue weighted by Crippen LogP contribution is -2.00. The van der Waals surface area contributed by atoms with Gasteiger partial charge in [-0.3, -0.25) is 0 Å². The minimum absolute atomic E-state index is 0.0339. The average molecular weight is 394 g/mol. The van der Waals surface area contributed by atoms with Gasteiger partial charge in [0.1, 0.15) is 24.3 Å². The van der Waals surface area contributed by atoms with Gasteiger partial charge in [-0.15, -0.1) is 0 Å². The second kappa shape index (κ2) is 6.50. The van der Waals surface area contributed by atoms with E-state index < -0.39 is 0 Å². The number of rotatable bonds is 0. The van der Waals surface area contributed by atoms with Crippen LogP contribution in [-0.2, 0) is 0 Å². The molecular weight excluding hydrogens is 384 g/mol. The molecule has 1 aromatic heterocycles. The van der Waals surface area contributed by atoms with Crippen LogP contribution < -0.4 is 0 Å². The molecule has 5 rings (SSSR count). The lowest BCUT2D eigenvalue weighted by atomic mass is 9.88. The maximum atomic E-state index is 10.0. The van der Waals surface area contributed by atoms with Crippen molar-refractivity contribution in [3.8, 4) is 24.3 Å². The van der Waals surface area contributed by atoms with Crippen LogP contribution in [0.1, 0.15) is 28.1 Å². The lowest BCUT2D eigenvalue weighted by molar-refractivity contribution is 1.16. The molecule has 0 aliphatic carbocycles. The van der Waals surface area contributed by atoms with Crippen molar-refractivity contribution in [2.75, 3.05) is 0 Å². The molecule has 0 N–H and O–H groups in total. The minimum Gasteiger partial charge on any atom is -0.248 e. The van der Waals surface area contributed by atoms with Gasteiger partial charge in [0, 0.05) is 21.5 Å². The van der Waals surface area contributed by atoms with Crippen LogP contribution in [-0.4, -0.2) is 9.97 Å². The Hall–Kier alpha value is -5.04. The van der Waals surface area contributed by atoms with Gasteiger partial charge in [-0.2, -0.15) is 21.0 Å². The number of hydrogen-bond donors (Lipinski definition) is 0. The van der Waals surface area contributed by atoms with Gasteiger partial charge in [-0.25, -0.2) is 9.97 Å². The summed E-state index contributed by atoms with van der Waals surface area (Å²) in [6.45, 7) is 1.72. The van der Waals surface area contributed by atoms with E-state index in [2.05, 4.69) is 22.1 Å². The molecule has 31 heavy (non-hydrogen) atoms. The topological polar surface area (TPSA) is 121 Å². The van der Waals surface area contributed by atoms with E-state index in [0.29, 0.717) is 27.5 Å². The van der Waals surface area contributed by atoms with E-state index in [-0.39, 0.29) is 22.4 Å². The molecule has 0 unspecified atom stereocenters. The van der Waals surface area contributed by atoms with Crippen molar-refractivity contribution in [3.63, 3.8) is 0 Å². The zero-order valence-electron chi connectivity index (χ0n) is 16.2. The number of benzene rings is 4. The smallest absolute Gasteiger partial charge is 0.162 e. The number of aromatic nitrogens is 2. The molecule has 0 saturated carbocycles. The molecule has 0 saturated heterocycles. The standard InChI is InChI=1S/C25H10N6/c1-13-21(12-29)31-25-18-8-15(9-26)19(10-27)20(11-28)23(18)22-16-5-3-2-4-14(16)6-7-17(22)24(25)30-13/h2-8H,1H3. The first-order valence-corrected chi connectivity index (χ1v) is 9.35.